The molecule has 2 aromatic heterocycles. The van der Waals surface area contributed by atoms with Crippen molar-refractivity contribution in [3.8, 4) is 5.69 Å². The Morgan fingerprint density at radius 2 is 1.61 bits per heavy atom. The van der Waals surface area contributed by atoms with Crippen molar-refractivity contribution in [1.82, 2.24) is 18.8 Å². The van der Waals surface area contributed by atoms with Crippen molar-refractivity contribution < 1.29 is 13.2 Å². The van der Waals surface area contributed by atoms with Gasteiger partial charge in [0, 0.05) is 54.5 Å². The number of nitrogens with one attached hydrogen (secondary N) is 1. The van der Waals surface area contributed by atoms with Crippen LogP contribution >= 0.6 is 0 Å². The standard InChI is InChI=1S/C27H35N7O3S/c1-19-15-20(2)30-27(29-19)31-28-18-23-16-21(3)34(22(23)4)26-17-24(7-8-25(26)32-9-5-6-10-32)38(35,36)33-11-13-37-14-12-33/h7-8,15-18H,5-6,9-14H2,1-4H3,(H,29,30,31)/b28-18+. The number of ether oxygens (including phenoxy) is 1. The summed E-state index contributed by atoms with van der Waals surface area (Å²) in [7, 11) is -3.63. The second-order valence-corrected chi connectivity index (χ2v) is 11.8. The number of hydrogen-bond donors (Lipinski definition) is 1. The Hall–Kier alpha value is -3.28. The van der Waals surface area contributed by atoms with E-state index in [9.17, 15) is 8.42 Å². The lowest BCUT2D eigenvalue weighted by atomic mass is 10.2. The van der Waals surface area contributed by atoms with E-state index >= 15 is 0 Å². The summed E-state index contributed by atoms with van der Waals surface area (Å²) in [5.74, 6) is 0.449. The van der Waals surface area contributed by atoms with E-state index in [1.807, 2.05) is 45.9 Å². The van der Waals surface area contributed by atoms with Gasteiger partial charge in [-0.05, 0) is 70.9 Å². The van der Waals surface area contributed by atoms with Crippen molar-refractivity contribution in [2.24, 2.45) is 5.10 Å². The Labute approximate surface area is 224 Å². The van der Waals surface area contributed by atoms with Crippen LogP contribution in [-0.4, -0.2) is 72.9 Å². The minimum absolute atomic E-state index is 0.300. The fourth-order valence-corrected chi connectivity index (χ4v) is 6.66. The van der Waals surface area contributed by atoms with Gasteiger partial charge in [0.2, 0.25) is 16.0 Å². The summed E-state index contributed by atoms with van der Waals surface area (Å²) in [4.78, 5) is 11.4. The molecule has 11 heteroatoms. The molecule has 2 fully saturated rings. The van der Waals surface area contributed by atoms with Crippen LogP contribution in [0.25, 0.3) is 5.69 Å². The highest BCUT2D eigenvalue weighted by Gasteiger charge is 2.28. The predicted molar refractivity (Wildman–Crippen MR) is 149 cm³/mol. The fraction of sp³-hybridized carbons (Fsp3) is 0.444. The molecule has 0 spiro atoms. The molecule has 2 saturated heterocycles. The first-order valence-corrected chi connectivity index (χ1v) is 14.5. The molecule has 0 radical (unpaired) electrons. The molecule has 0 aliphatic carbocycles. The number of benzene rings is 1. The first kappa shape index (κ1) is 26.3. The molecule has 38 heavy (non-hydrogen) atoms. The first-order chi connectivity index (χ1) is 18.2. The maximum atomic E-state index is 13.5. The second-order valence-electron chi connectivity index (χ2n) is 9.87. The third-order valence-corrected chi connectivity index (χ3v) is 8.96. The molecular formula is C27H35N7O3S. The van der Waals surface area contributed by atoms with E-state index in [2.05, 4.69) is 36.0 Å². The minimum atomic E-state index is -3.63. The zero-order valence-corrected chi connectivity index (χ0v) is 23.3. The smallest absolute Gasteiger partial charge is 0.243 e. The number of aromatic nitrogens is 3. The van der Waals surface area contributed by atoms with Crippen LogP contribution in [0.3, 0.4) is 0 Å². The van der Waals surface area contributed by atoms with Gasteiger partial charge in [0.1, 0.15) is 0 Å². The van der Waals surface area contributed by atoms with E-state index in [4.69, 9.17) is 4.74 Å². The van der Waals surface area contributed by atoms with Crippen LogP contribution in [-0.2, 0) is 14.8 Å². The van der Waals surface area contributed by atoms with Gasteiger partial charge in [0.05, 0.1) is 35.7 Å². The average Bonchev–Trinajstić information content (AvgIpc) is 3.52. The van der Waals surface area contributed by atoms with Crippen LogP contribution < -0.4 is 10.3 Å². The van der Waals surface area contributed by atoms with Gasteiger partial charge in [-0.1, -0.05) is 0 Å². The summed E-state index contributed by atoms with van der Waals surface area (Å²) in [6, 6.07) is 9.49. The number of rotatable bonds is 7. The quantitative estimate of drug-likeness (QED) is 0.363. The van der Waals surface area contributed by atoms with Crippen LogP contribution in [0.2, 0.25) is 0 Å². The van der Waals surface area contributed by atoms with Gasteiger partial charge in [-0.25, -0.2) is 23.8 Å². The van der Waals surface area contributed by atoms with Gasteiger partial charge in [-0.15, -0.1) is 0 Å². The van der Waals surface area contributed by atoms with Crippen molar-refractivity contribution in [1.29, 1.82) is 0 Å². The van der Waals surface area contributed by atoms with Crippen LogP contribution in [0.1, 0.15) is 41.2 Å². The normalized spacial score (nSPS) is 17.0. The molecular weight excluding hydrogens is 502 g/mol. The third kappa shape index (κ3) is 5.31. The molecule has 5 rings (SSSR count). The molecule has 1 aromatic carbocycles. The average molecular weight is 538 g/mol. The van der Waals surface area contributed by atoms with Gasteiger partial charge in [0.15, 0.2) is 0 Å². The number of nitrogens with zero attached hydrogens (tertiary/aromatic N) is 6. The van der Waals surface area contributed by atoms with Gasteiger partial charge in [0.25, 0.3) is 0 Å². The zero-order chi connectivity index (χ0) is 26.9. The summed E-state index contributed by atoms with van der Waals surface area (Å²) < 4.78 is 36.0. The van der Waals surface area contributed by atoms with Crippen LogP contribution in [0.15, 0.2) is 40.3 Å². The molecule has 202 valence electrons. The van der Waals surface area contributed by atoms with Crippen molar-refractivity contribution >= 4 is 27.9 Å². The molecule has 0 bridgehead atoms. The minimum Gasteiger partial charge on any atom is -0.379 e. The lowest BCUT2D eigenvalue weighted by Gasteiger charge is -2.28. The first-order valence-electron chi connectivity index (χ1n) is 13.0. The van der Waals surface area contributed by atoms with E-state index in [1.165, 1.54) is 4.31 Å². The lowest BCUT2D eigenvalue weighted by molar-refractivity contribution is 0.0730. The van der Waals surface area contributed by atoms with E-state index in [0.29, 0.717) is 37.1 Å². The molecule has 0 atom stereocenters. The highest BCUT2D eigenvalue weighted by Crippen LogP contribution is 2.34. The van der Waals surface area contributed by atoms with Gasteiger partial charge in [-0.3, -0.25) is 0 Å². The van der Waals surface area contributed by atoms with E-state index < -0.39 is 10.0 Å². The van der Waals surface area contributed by atoms with Crippen molar-refractivity contribution in [3.05, 3.63) is 58.7 Å². The molecule has 10 nitrogen and oxygen atoms in total. The Bertz CT molecular complexity index is 1430. The Balaban J connectivity index is 1.52. The molecule has 3 aromatic rings. The highest BCUT2D eigenvalue weighted by atomic mass is 32.2. The number of anilines is 2. The van der Waals surface area contributed by atoms with Crippen LogP contribution in [0.5, 0.6) is 0 Å². The number of hydrogen-bond acceptors (Lipinski definition) is 8. The molecule has 0 amide bonds. The third-order valence-electron chi connectivity index (χ3n) is 7.06. The maximum absolute atomic E-state index is 13.5. The van der Waals surface area contributed by atoms with E-state index in [1.54, 1.807) is 12.3 Å². The molecule has 1 N–H and O–H groups in total. The number of hydrazone groups is 1. The van der Waals surface area contributed by atoms with Crippen molar-refractivity contribution in [3.63, 3.8) is 0 Å². The topological polar surface area (TPSA) is 105 Å². The predicted octanol–water partition coefficient (Wildman–Crippen LogP) is 3.57. The summed E-state index contributed by atoms with van der Waals surface area (Å²) >= 11 is 0. The van der Waals surface area contributed by atoms with Gasteiger partial charge in [-0.2, -0.15) is 9.41 Å². The molecule has 4 heterocycles. The molecule has 0 saturated carbocycles. The number of aryl methyl sites for hydroxylation is 3. The van der Waals surface area contributed by atoms with Gasteiger partial charge >= 0.3 is 0 Å². The van der Waals surface area contributed by atoms with Crippen molar-refractivity contribution in [2.75, 3.05) is 49.7 Å². The Kier molecular flexibility index (Phi) is 7.51. The SMILES string of the molecule is Cc1cc(C)nc(N/N=C/c2cc(C)n(-c3cc(S(=O)(=O)N4CCOCC4)ccc3N3CCCC3)c2C)n1. The summed E-state index contributed by atoms with van der Waals surface area (Å²) in [6.07, 6.45) is 4.01. The number of morpholine rings is 1. The lowest BCUT2D eigenvalue weighted by Crippen LogP contribution is -2.40. The maximum Gasteiger partial charge on any atom is 0.243 e. The monoisotopic (exact) mass is 537 g/mol. The Morgan fingerprint density at radius 1 is 0.921 bits per heavy atom. The van der Waals surface area contributed by atoms with Crippen LogP contribution in [0, 0.1) is 27.7 Å². The second kappa shape index (κ2) is 10.8. The molecule has 2 aliphatic rings. The van der Waals surface area contributed by atoms with Crippen molar-refractivity contribution in [2.45, 2.75) is 45.4 Å². The largest absolute Gasteiger partial charge is 0.379 e. The van der Waals surface area contributed by atoms with Crippen LogP contribution in [0.4, 0.5) is 11.6 Å². The van der Waals surface area contributed by atoms with E-state index in [-0.39, 0.29) is 0 Å². The Morgan fingerprint density at radius 3 is 2.29 bits per heavy atom. The summed E-state index contributed by atoms with van der Waals surface area (Å²) in [5, 5.41) is 4.38. The molecule has 0 unspecified atom stereocenters. The number of sulfonamides is 1. The van der Waals surface area contributed by atoms with Gasteiger partial charge < -0.3 is 14.2 Å². The fourth-order valence-electron chi connectivity index (χ4n) is 5.23. The molecule has 2 aliphatic heterocycles. The van der Waals surface area contributed by atoms with E-state index in [0.717, 1.165) is 65.6 Å². The summed E-state index contributed by atoms with van der Waals surface area (Å²) in [5.41, 5.74) is 9.45. The zero-order valence-electron chi connectivity index (χ0n) is 22.4. The summed E-state index contributed by atoms with van der Waals surface area (Å²) in [6.45, 7) is 11.4. The highest BCUT2D eigenvalue weighted by molar-refractivity contribution is 7.89.